The topological polar surface area (TPSA) is 95.5 Å². The summed E-state index contributed by atoms with van der Waals surface area (Å²) < 4.78 is 7.13. The first kappa shape index (κ1) is 25.4. The van der Waals surface area contributed by atoms with Crippen molar-refractivity contribution in [2.24, 2.45) is 0 Å². The summed E-state index contributed by atoms with van der Waals surface area (Å²) in [4.78, 5) is 22.5. The van der Waals surface area contributed by atoms with Crippen LogP contribution in [0.3, 0.4) is 0 Å². The second-order valence-electron chi connectivity index (χ2n) is 9.41. The van der Waals surface area contributed by atoms with E-state index >= 15 is 0 Å². The van der Waals surface area contributed by atoms with Gasteiger partial charge >= 0.3 is 0 Å². The molecule has 0 aliphatic heterocycles. The highest BCUT2D eigenvalue weighted by molar-refractivity contribution is 9.10. The molecular formula is C22H26Br2N2O5. The molecule has 0 radical (unpaired) electrons. The molecule has 2 rings (SSSR count). The maximum Gasteiger partial charge on any atom is 0.276 e. The monoisotopic (exact) mass is 556 g/mol. The summed E-state index contributed by atoms with van der Waals surface area (Å²) in [7, 11) is 0. The molecule has 0 spiro atoms. The van der Waals surface area contributed by atoms with Gasteiger partial charge in [0.05, 0.1) is 34.2 Å². The number of nitro groups is 2. The van der Waals surface area contributed by atoms with Crippen LogP contribution in [0.15, 0.2) is 33.2 Å². The molecule has 0 aliphatic carbocycles. The average molecular weight is 558 g/mol. The third kappa shape index (κ3) is 6.11. The normalized spacial score (nSPS) is 12.1. The maximum absolute atomic E-state index is 11.7. The molecule has 0 aromatic heterocycles. The lowest BCUT2D eigenvalue weighted by Crippen LogP contribution is -2.18. The zero-order valence-electron chi connectivity index (χ0n) is 18.4. The van der Waals surface area contributed by atoms with Gasteiger partial charge in [0.15, 0.2) is 0 Å². The Kier molecular flexibility index (Phi) is 7.66. The van der Waals surface area contributed by atoms with Crippen LogP contribution in [0.1, 0.15) is 63.8 Å². The molecule has 168 valence electrons. The summed E-state index contributed by atoms with van der Waals surface area (Å²) in [5.74, 6) is 0. The molecule has 0 fully saturated rings. The van der Waals surface area contributed by atoms with Crippen LogP contribution in [0.4, 0.5) is 11.4 Å². The van der Waals surface area contributed by atoms with Crippen LogP contribution in [0.25, 0.3) is 0 Å². The molecule has 0 unspecified atom stereocenters. The fourth-order valence-corrected chi connectivity index (χ4v) is 4.36. The first-order chi connectivity index (χ1) is 14.1. The van der Waals surface area contributed by atoms with E-state index in [0.29, 0.717) is 20.1 Å². The third-order valence-electron chi connectivity index (χ3n) is 4.88. The minimum Gasteiger partial charge on any atom is -0.372 e. The summed E-state index contributed by atoms with van der Waals surface area (Å²) >= 11 is 6.70. The molecule has 0 atom stereocenters. The Bertz CT molecular complexity index is 943. The molecule has 0 bridgehead atoms. The van der Waals surface area contributed by atoms with Gasteiger partial charge in [-0.15, -0.1) is 0 Å². The Morgan fingerprint density at radius 3 is 1.32 bits per heavy atom. The van der Waals surface area contributed by atoms with Crippen molar-refractivity contribution in [1.29, 1.82) is 0 Å². The molecule has 31 heavy (non-hydrogen) atoms. The summed E-state index contributed by atoms with van der Waals surface area (Å²) in [6.45, 7) is 11.8. The summed E-state index contributed by atoms with van der Waals surface area (Å²) in [6.07, 6.45) is 0. The van der Waals surface area contributed by atoms with Crippen molar-refractivity contribution in [2.75, 3.05) is 0 Å². The number of nitro benzene ring substituents is 2. The lowest BCUT2D eigenvalue weighted by Gasteiger charge is -2.25. The predicted molar refractivity (Wildman–Crippen MR) is 127 cm³/mol. The standard InChI is InChI=1S/C22H26Br2N2O5/c1-21(2,3)17-7-13(23)9-19(25(27)28)15(17)11-31-12-16-18(22(4,5)6)8-14(24)10-20(16)26(29)30/h7-10H,11-12H2,1-6H3. The Hall–Kier alpha value is -1.84. The Morgan fingerprint density at radius 2 is 1.06 bits per heavy atom. The number of hydrogen-bond acceptors (Lipinski definition) is 5. The maximum atomic E-state index is 11.7. The molecule has 0 saturated carbocycles. The van der Waals surface area contributed by atoms with Gasteiger partial charge in [0.2, 0.25) is 0 Å². The Morgan fingerprint density at radius 1 is 0.742 bits per heavy atom. The van der Waals surface area contributed by atoms with Crippen molar-refractivity contribution in [3.63, 3.8) is 0 Å². The molecular weight excluding hydrogens is 532 g/mol. The van der Waals surface area contributed by atoms with Crippen LogP contribution in [-0.4, -0.2) is 9.85 Å². The minimum atomic E-state index is -0.429. The van der Waals surface area contributed by atoms with E-state index in [-0.39, 0.29) is 35.4 Å². The number of halogens is 2. The predicted octanol–water partition coefficient (Wildman–Crippen LogP) is 7.34. The van der Waals surface area contributed by atoms with Gasteiger partial charge in [0.1, 0.15) is 0 Å². The van der Waals surface area contributed by atoms with E-state index in [1.807, 2.05) is 53.7 Å². The van der Waals surface area contributed by atoms with Crippen molar-refractivity contribution in [1.82, 2.24) is 0 Å². The van der Waals surface area contributed by atoms with Crippen LogP contribution < -0.4 is 0 Å². The van der Waals surface area contributed by atoms with Gasteiger partial charge in [0, 0.05) is 21.1 Å². The minimum absolute atomic E-state index is 0.0347. The van der Waals surface area contributed by atoms with Crippen LogP contribution in [0.5, 0.6) is 0 Å². The van der Waals surface area contributed by atoms with Gasteiger partial charge in [0.25, 0.3) is 11.4 Å². The first-order valence-electron chi connectivity index (χ1n) is 9.65. The molecule has 2 aromatic rings. The van der Waals surface area contributed by atoms with Crippen LogP contribution in [0, 0.1) is 20.2 Å². The van der Waals surface area contributed by atoms with Gasteiger partial charge in [-0.1, -0.05) is 73.4 Å². The zero-order chi connectivity index (χ0) is 23.7. The lowest BCUT2D eigenvalue weighted by molar-refractivity contribution is -0.386. The van der Waals surface area contributed by atoms with E-state index in [2.05, 4.69) is 31.9 Å². The SMILES string of the molecule is CC(C)(C)c1cc(Br)cc([N+](=O)[O-])c1COCc1c([N+](=O)[O-])cc(Br)cc1C(C)(C)C. The van der Waals surface area contributed by atoms with Crippen LogP contribution >= 0.6 is 31.9 Å². The summed E-state index contributed by atoms with van der Waals surface area (Å²) in [6, 6.07) is 6.62. The van der Waals surface area contributed by atoms with Crippen molar-refractivity contribution < 1.29 is 14.6 Å². The fraction of sp³-hybridized carbons (Fsp3) is 0.455. The number of hydrogen-bond donors (Lipinski definition) is 0. The first-order valence-corrected chi connectivity index (χ1v) is 11.2. The molecule has 0 N–H and O–H groups in total. The van der Waals surface area contributed by atoms with Crippen molar-refractivity contribution in [3.8, 4) is 0 Å². The van der Waals surface area contributed by atoms with E-state index in [4.69, 9.17) is 4.74 Å². The molecule has 0 heterocycles. The average Bonchev–Trinajstić information content (AvgIpc) is 2.60. The van der Waals surface area contributed by atoms with E-state index in [1.165, 1.54) is 12.1 Å². The van der Waals surface area contributed by atoms with E-state index in [9.17, 15) is 20.2 Å². The number of ether oxygens (including phenoxy) is 1. The summed E-state index contributed by atoms with van der Waals surface area (Å²) in [5, 5.41) is 23.4. The lowest BCUT2D eigenvalue weighted by atomic mass is 9.83. The Labute approximate surface area is 198 Å². The van der Waals surface area contributed by atoms with Crippen LogP contribution in [-0.2, 0) is 28.8 Å². The van der Waals surface area contributed by atoms with Gasteiger partial charge in [-0.05, 0) is 34.1 Å². The van der Waals surface area contributed by atoms with E-state index < -0.39 is 9.85 Å². The van der Waals surface area contributed by atoms with Gasteiger partial charge in [-0.3, -0.25) is 20.2 Å². The van der Waals surface area contributed by atoms with Crippen molar-refractivity contribution >= 4 is 43.2 Å². The highest BCUT2D eigenvalue weighted by Gasteiger charge is 2.29. The molecule has 9 heteroatoms. The third-order valence-corrected chi connectivity index (χ3v) is 5.80. The highest BCUT2D eigenvalue weighted by atomic mass is 79.9. The quantitative estimate of drug-likeness (QED) is 0.273. The highest BCUT2D eigenvalue weighted by Crippen LogP contribution is 2.38. The molecule has 0 aliphatic rings. The number of nitrogens with zero attached hydrogens (tertiary/aromatic N) is 2. The molecule has 0 saturated heterocycles. The van der Waals surface area contributed by atoms with Crippen molar-refractivity contribution in [2.45, 2.75) is 65.6 Å². The molecule has 7 nitrogen and oxygen atoms in total. The largest absolute Gasteiger partial charge is 0.372 e. The second kappa shape index (κ2) is 9.34. The molecule has 0 amide bonds. The van der Waals surface area contributed by atoms with Gasteiger partial charge in [-0.2, -0.15) is 0 Å². The van der Waals surface area contributed by atoms with E-state index in [0.717, 1.165) is 11.1 Å². The Balaban J connectivity index is 2.49. The molecule has 2 aromatic carbocycles. The summed E-state index contributed by atoms with van der Waals surface area (Å²) in [5.41, 5.74) is 1.72. The van der Waals surface area contributed by atoms with Gasteiger partial charge in [-0.25, -0.2) is 0 Å². The fourth-order valence-electron chi connectivity index (χ4n) is 3.47. The van der Waals surface area contributed by atoms with Crippen molar-refractivity contribution in [3.05, 3.63) is 75.7 Å². The van der Waals surface area contributed by atoms with Gasteiger partial charge < -0.3 is 4.74 Å². The second-order valence-corrected chi connectivity index (χ2v) is 11.2. The van der Waals surface area contributed by atoms with Crippen LogP contribution in [0.2, 0.25) is 0 Å². The number of rotatable bonds is 6. The smallest absolute Gasteiger partial charge is 0.276 e. The number of benzene rings is 2. The zero-order valence-corrected chi connectivity index (χ0v) is 21.6. The van der Waals surface area contributed by atoms with E-state index in [1.54, 1.807) is 0 Å².